The Hall–Kier alpha value is -2.41. The van der Waals surface area contributed by atoms with Crippen LogP contribution >= 0.6 is 11.6 Å². The van der Waals surface area contributed by atoms with Gasteiger partial charge in [-0.3, -0.25) is 0 Å². The van der Waals surface area contributed by atoms with Gasteiger partial charge in [-0.15, -0.1) is 0 Å². The highest BCUT2D eigenvalue weighted by molar-refractivity contribution is 6.28. The van der Waals surface area contributed by atoms with E-state index in [2.05, 4.69) is 30.6 Å². The van der Waals surface area contributed by atoms with E-state index < -0.39 is 0 Å². The van der Waals surface area contributed by atoms with Crippen molar-refractivity contribution in [1.82, 2.24) is 24.3 Å². The Kier molecular flexibility index (Phi) is 3.57. The normalized spacial score (nSPS) is 11.0. The third-order valence-corrected chi connectivity index (χ3v) is 2.85. The Morgan fingerprint density at radius 2 is 1.95 bits per heavy atom. The summed E-state index contributed by atoms with van der Waals surface area (Å²) in [6.45, 7) is 3.99. The summed E-state index contributed by atoms with van der Waals surface area (Å²) in [7, 11) is 0. The highest BCUT2D eigenvalue weighted by Crippen LogP contribution is 2.17. The molecule has 3 aromatic rings. The van der Waals surface area contributed by atoms with Crippen LogP contribution in [0.3, 0.4) is 0 Å². The van der Waals surface area contributed by atoms with Gasteiger partial charge in [0.15, 0.2) is 0 Å². The number of anilines is 3. The topological polar surface area (TPSA) is 80.0 Å². The highest BCUT2D eigenvalue weighted by atomic mass is 35.5. The van der Waals surface area contributed by atoms with E-state index >= 15 is 0 Å². The Bertz CT molecular complexity index is 768. The molecule has 3 rings (SSSR count). The van der Waals surface area contributed by atoms with Crippen LogP contribution in [0.2, 0.25) is 5.28 Å². The van der Waals surface area contributed by atoms with E-state index in [4.69, 9.17) is 11.6 Å². The fourth-order valence-electron chi connectivity index (χ4n) is 1.85. The van der Waals surface area contributed by atoms with Crippen molar-refractivity contribution < 1.29 is 0 Å². The van der Waals surface area contributed by atoms with Gasteiger partial charge in [-0.05, 0) is 31.5 Å². The second kappa shape index (κ2) is 5.53. The largest absolute Gasteiger partial charge is 0.352 e. The molecule has 0 aliphatic carbocycles. The molecule has 0 aliphatic heterocycles. The lowest BCUT2D eigenvalue weighted by molar-refractivity contribution is 0.868. The Morgan fingerprint density at radius 1 is 1.14 bits per heavy atom. The summed E-state index contributed by atoms with van der Waals surface area (Å²) in [4.78, 5) is 16.6. The van der Waals surface area contributed by atoms with E-state index in [0.717, 1.165) is 11.3 Å². The van der Waals surface area contributed by atoms with Crippen LogP contribution in [0.25, 0.3) is 5.65 Å². The van der Waals surface area contributed by atoms with Crippen LogP contribution in [0.1, 0.15) is 13.8 Å². The van der Waals surface area contributed by atoms with E-state index in [1.54, 1.807) is 6.20 Å². The Labute approximate surface area is 126 Å². The molecule has 0 saturated heterocycles. The number of hydrogen-bond acceptors (Lipinski definition) is 6. The van der Waals surface area contributed by atoms with Gasteiger partial charge in [0.25, 0.3) is 0 Å². The van der Waals surface area contributed by atoms with Crippen molar-refractivity contribution in [3.05, 3.63) is 36.0 Å². The molecule has 0 aliphatic rings. The molecule has 0 bridgehead atoms. The lowest BCUT2D eigenvalue weighted by Gasteiger charge is -2.10. The quantitative estimate of drug-likeness (QED) is 0.771. The number of nitrogens with zero attached hydrogens (tertiary/aromatic N) is 5. The summed E-state index contributed by atoms with van der Waals surface area (Å²) < 4.78 is 1.91. The van der Waals surface area contributed by atoms with Crippen molar-refractivity contribution >= 4 is 34.8 Å². The lowest BCUT2D eigenvalue weighted by atomic mass is 10.4. The number of halogens is 1. The molecule has 0 atom stereocenters. The first-order valence-corrected chi connectivity index (χ1v) is 6.86. The van der Waals surface area contributed by atoms with Gasteiger partial charge < -0.3 is 15.0 Å². The molecule has 3 heterocycles. The second-order valence-electron chi connectivity index (χ2n) is 4.78. The molecule has 0 saturated carbocycles. The third kappa shape index (κ3) is 3.19. The standard InChI is InChI=1S/C13H14ClN7/c1-8(2)16-12-18-11(14)19-13(20-12)17-9-3-5-21-6-4-15-10(21)7-9/h3-8H,1-2H3,(H2,16,17,18,19,20). The van der Waals surface area contributed by atoms with Crippen molar-refractivity contribution in [3.63, 3.8) is 0 Å². The molecule has 21 heavy (non-hydrogen) atoms. The molecule has 8 heteroatoms. The molecule has 108 valence electrons. The van der Waals surface area contributed by atoms with Crippen LogP contribution in [-0.2, 0) is 0 Å². The van der Waals surface area contributed by atoms with Gasteiger partial charge in [0.05, 0.1) is 0 Å². The average molecular weight is 304 g/mol. The van der Waals surface area contributed by atoms with Gasteiger partial charge in [-0.1, -0.05) is 0 Å². The number of pyridine rings is 1. The van der Waals surface area contributed by atoms with Crippen LogP contribution in [0, 0.1) is 0 Å². The van der Waals surface area contributed by atoms with E-state index in [-0.39, 0.29) is 11.3 Å². The molecular weight excluding hydrogens is 290 g/mol. The molecule has 3 aromatic heterocycles. The van der Waals surface area contributed by atoms with E-state index in [0.29, 0.717) is 11.9 Å². The minimum absolute atomic E-state index is 0.137. The van der Waals surface area contributed by atoms with Crippen molar-refractivity contribution in [2.45, 2.75) is 19.9 Å². The summed E-state index contributed by atoms with van der Waals surface area (Å²) in [6, 6.07) is 4.01. The summed E-state index contributed by atoms with van der Waals surface area (Å²) in [5.74, 6) is 0.823. The van der Waals surface area contributed by atoms with Crippen LogP contribution < -0.4 is 10.6 Å². The molecule has 0 spiro atoms. The Balaban J connectivity index is 1.87. The van der Waals surface area contributed by atoms with Crippen molar-refractivity contribution in [2.24, 2.45) is 0 Å². The average Bonchev–Trinajstić information content (AvgIpc) is 2.84. The third-order valence-electron chi connectivity index (χ3n) is 2.68. The number of nitrogens with one attached hydrogen (secondary N) is 2. The van der Waals surface area contributed by atoms with Gasteiger partial charge in [0.2, 0.25) is 17.2 Å². The lowest BCUT2D eigenvalue weighted by Crippen LogP contribution is -2.14. The SMILES string of the molecule is CC(C)Nc1nc(Cl)nc(Nc2ccn3ccnc3c2)n1. The predicted molar refractivity (Wildman–Crippen MR) is 82.1 cm³/mol. The maximum Gasteiger partial charge on any atom is 0.233 e. The van der Waals surface area contributed by atoms with Gasteiger partial charge in [-0.2, -0.15) is 15.0 Å². The fraction of sp³-hybridized carbons (Fsp3) is 0.231. The summed E-state index contributed by atoms with van der Waals surface area (Å²) in [6.07, 6.45) is 5.52. The van der Waals surface area contributed by atoms with Gasteiger partial charge in [0, 0.05) is 36.4 Å². The summed E-state index contributed by atoms with van der Waals surface area (Å²) in [5, 5.41) is 6.33. The number of fused-ring (bicyclic) bond motifs is 1. The van der Waals surface area contributed by atoms with Gasteiger partial charge in [-0.25, -0.2) is 4.98 Å². The van der Waals surface area contributed by atoms with Gasteiger partial charge in [0.1, 0.15) is 5.65 Å². The van der Waals surface area contributed by atoms with Gasteiger partial charge >= 0.3 is 0 Å². The first-order chi connectivity index (χ1) is 10.1. The predicted octanol–water partition coefficient (Wildman–Crippen LogP) is 2.74. The Morgan fingerprint density at radius 3 is 2.76 bits per heavy atom. The number of hydrogen-bond donors (Lipinski definition) is 2. The maximum atomic E-state index is 5.92. The molecule has 0 radical (unpaired) electrons. The highest BCUT2D eigenvalue weighted by Gasteiger charge is 2.07. The summed E-state index contributed by atoms with van der Waals surface area (Å²) >= 11 is 5.92. The van der Waals surface area contributed by atoms with E-state index in [1.165, 1.54) is 0 Å². The molecule has 0 fully saturated rings. The first-order valence-electron chi connectivity index (χ1n) is 6.48. The molecule has 0 amide bonds. The van der Waals surface area contributed by atoms with Crippen molar-refractivity contribution in [1.29, 1.82) is 0 Å². The molecule has 2 N–H and O–H groups in total. The number of imidazole rings is 1. The first kappa shape index (κ1) is 13.6. The minimum Gasteiger partial charge on any atom is -0.352 e. The molecule has 7 nitrogen and oxygen atoms in total. The second-order valence-corrected chi connectivity index (χ2v) is 5.12. The van der Waals surface area contributed by atoms with Crippen molar-refractivity contribution in [3.8, 4) is 0 Å². The monoisotopic (exact) mass is 303 g/mol. The van der Waals surface area contributed by atoms with Crippen LogP contribution in [-0.4, -0.2) is 30.4 Å². The van der Waals surface area contributed by atoms with Crippen LogP contribution in [0.15, 0.2) is 30.7 Å². The van der Waals surface area contributed by atoms with E-state index in [9.17, 15) is 0 Å². The van der Waals surface area contributed by atoms with Crippen LogP contribution in [0.4, 0.5) is 17.6 Å². The van der Waals surface area contributed by atoms with Crippen molar-refractivity contribution in [2.75, 3.05) is 10.6 Å². The maximum absolute atomic E-state index is 5.92. The van der Waals surface area contributed by atoms with Crippen LogP contribution in [0.5, 0.6) is 0 Å². The fourth-order valence-corrected chi connectivity index (χ4v) is 2.01. The molecule has 0 aromatic carbocycles. The minimum atomic E-state index is 0.137. The zero-order valence-corrected chi connectivity index (χ0v) is 12.3. The number of rotatable bonds is 4. The molecule has 0 unspecified atom stereocenters. The molecular formula is C13H14ClN7. The zero-order valence-electron chi connectivity index (χ0n) is 11.6. The van der Waals surface area contributed by atoms with E-state index in [1.807, 2.05) is 42.8 Å². The zero-order chi connectivity index (χ0) is 14.8. The smallest absolute Gasteiger partial charge is 0.233 e. The number of aromatic nitrogens is 5. The summed E-state index contributed by atoms with van der Waals surface area (Å²) in [5.41, 5.74) is 1.66.